The third kappa shape index (κ3) is 3.15. The first-order chi connectivity index (χ1) is 10.1. The predicted octanol–water partition coefficient (Wildman–Crippen LogP) is 3.40. The van der Waals surface area contributed by atoms with Crippen LogP contribution in [0.15, 0.2) is 28.8 Å². The van der Waals surface area contributed by atoms with Crippen LogP contribution in [0.1, 0.15) is 43.5 Å². The van der Waals surface area contributed by atoms with Crippen LogP contribution in [-0.2, 0) is 5.54 Å². The van der Waals surface area contributed by atoms with E-state index < -0.39 is 0 Å². The van der Waals surface area contributed by atoms with E-state index in [2.05, 4.69) is 10.1 Å². The standard InChI is InChI=1S/C16H19N3O2.ClH/c1-11(12-4-6-13(20-2)7-5-12)10-14-18-15(19-21-14)16(17)8-3-9-16;/h4-7,10H,3,8-9,17H2,1-2H3;1H/b11-10+;. The molecular formula is C16H20ClN3O2. The molecule has 1 aromatic heterocycles. The minimum atomic E-state index is -0.385. The number of nitrogens with zero attached hydrogens (tertiary/aromatic N) is 2. The van der Waals surface area contributed by atoms with Gasteiger partial charge in [-0.15, -0.1) is 12.4 Å². The lowest BCUT2D eigenvalue weighted by Gasteiger charge is -2.34. The molecule has 1 heterocycles. The Balaban J connectivity index is 0.00000176. The smallest absolute Gasteiger partial charge is 0.250 e. The van der Waals surface area contributed by atoms with E-state index in [-0.39, 0.29) is 17.9 Å². The highest BCUT2D eigenvalue weighted by molar-refractivity contribution is 5.85. The Labute approximate surface area is 136 Å². The minimum absolute atomic E-state index is 0. The molecule has 0 aliphatic heterocycles. The second-order valence-electron chi connectivity index (χ2n) is 5.52. The number of nitrogens with two attached hydrogens (primary N) is 1. The van der Waals surface area contributed by atoms with Crippen molar-refractivity contribution < 1.29 is 9.26 Å². The van der Waals surface area contributed by atoms with Gasteiger partial charge in [0.2, 0.25) is 0 Å². The van der Waals surface area contributed by atoms with Gasteiger partial charge in [0.25, 0.3) is 5.89 Å². The molecule has 1 aliphatic carbocycles. The van der Waals surface area contributed by atoms with Crippen molar-refractivity contribution in [3.05, 3.63) is 41.5 Å². The molecule has 22 heavy (non-hydrogen) atoms. The molecule has 1 fully saturated rings. The van der Waals surface area contributed by atoms with E-state index in [0.717, 1.165) is 36.1 Å². The molecule has 1 aliphatic rings. The molecule has 118 valence electrons. The number of methoxy groups -OCH3 is 1. The first-order valence-electron chi connectivity index (χ1n) is 7.06. The van der Waals surface area contributed by atoms with Gasteiger partial charge in [-0.3, -0.25) is 0 Å². The van der Waals surface area contributed by atoms with Crippen molar-refractivity contribution in [2.45, 2.75) is 31.7 Å². The number of allylic oxidation sites excluding steroid dienone is 1. The van der Waals surface area contributed by atoms with Gasteiger partial charge in [-0.05, 0) is 49.5 Å². The lowest BCUT2D eigenvalue weighted by Crippen LogP contribution is -2.44. The predicted molar refractivity (Wildman–Crippen MR) is 87.8 cm³/mol. The summed E-state index contributed by atoms with van der Waals surface area (Å²) in [6.07, 6.45) is 4.85. The van der Waals surface area contributed by atoms with Crippen LogP contribution in [-0.4, -0.2) is 17.3 Å². The van der Waals surface area contributed by atoms with Gasteiger partial charge in [0, 0.05) is 6.08 Å². The summed E-state index contributed by atoms with van der Waals surface area (Å²) >= 11 is 0. The van der Waals surface area contributed by atoms with E-state index in [1.807, 2.05) is 37.3 Å². The fourth-order valence-corrected chi connectivity index (χ4v) is 2.40. The van der Waals surface area contributed by atoms with Gasteiger partial charge >= 0.3 is 0 Å². The Bertz CT molecular complexity index is 660. The normalized spacial score (nSPS) is 16.6. The van der Waals surface area contributed by atoms with Crippen LogP contribution in [0.4, 0.5) is 0 Å². The van der Waals surface area contributed by atoms with E-state index >= 15 is 0 Å². The lowest BCUT2D eigenvalue weighted by atomic mass is 9.77. The third-order valence-electron chi connectivity index (χ3n) is 4.02. The Morgan fingerprint density at radius 3 is 2.55 bits per heavy atom. The largest absolute Gasteiger partial charge is 0.497 e. The summed E-state index contributed by atoms with van der Waals surface area (Å²) in [5.74, 6) is 1.94. The zero-order valence-corrected chi connectivity index (χ0v) is 13.5. The van der Waals surface area contributed by atoms with Crippen molar-refractivity contribution in [1.82, 2.24) is 10.1 Å². The number of halogens is 1. The average molecular weight is 322 g/mol. The highest BCUT2D eigenvalue weighted by atomic mass is 35.5. The van der Waals surface area contributed by atoms with Crippen LogP contribution in [0, 0.1) is 0 Å². The quantitative estimate of drug-likeness (QED) is 0.934. The highest BCUT2D eigenvalue weighted by Gasteiger charge is 2.38. The first-order valence-corrected chi connectivity index (χ1v) is 7.06. The van der Waals surface area contributed by atoms with Crippen molar-refractivity contribution in [2.75, 3.05) is 7.11 Å². The molecule has 1 saturated carbocycles. The molecule has 0 unspecified atom stereocenters. The zero-order valence-electron chi connectivity index (χ0n) is 12.7. The molecule has 0 bridgehead atoms. The zero-order chi connectivity index (χ0) is 14.9. The molecule has 0 atom stereocenters. The van der Waals surface area contributed by atoms with E-state index in [1.165, 1.54) is 0 Å². The fourth-order valence-electron chi connectivity index (χ4n) is 2.40. The van der Waals surface area contributed by atoms with E-state index in [4.69, 9.17) is 15.0 Å². The molecular weight excluding hydrogens is 302 g/mol. The summed E-state index contributed by atoms with van der Waals surface area (Å²) in [6, 6.07) is 7.85. The van der Waals surface area contributed by atoms with E-state index in [0.29, 0.717) is 11.7 Å². The molecule has 2 aromatic rings. The second kappa shape index (κ2) is 6.50. The third-order valence-corrected chi connectivity index (χ3v) is 4.02. The van der Waals surface area contributed by atoms with E-state index in [1.54, 1.807) is 7.11 Å². The van der Waals surface area contributed by atoms with Gasteiger partial charge in [-0.2, -0.15) is 4.98 Å². The van der Waals surface area contributed by atoms with Gasteiger partial charge in [-0.25, -0.2) is 0 Å². The molecule has 0 radical (unpaired) electrons. The van der Waals surface area contributed by atoms with Crippen molar-refractivity contribution in [1.29, 1.82) is 0 Å². The molecule has 5 nitrogen and oxygen atoms in total. The molecule has 3 rings (SSSR count). The summed E-state index contributed by atoms with van der Waals surface area (Å²) in [5.41, 5.74) is 7.94. The van der Waals surface area contributed by atoms with Crippen LogP contribution < -0.4 is 10.5 Å². The monoisotopic (exact) mass is 321 g/mol. The molecule has 2 N–H and O–H groups in total. The van der Waals surface area contributed by atoms with Crippen LogP contribution in [0.3, 0.4) is 0 Å². The summed E-state index contributed by atoms with van der Waals surface area (Å²) in [6.45, 7) is 2.01. The summed E-state index contributed by atoms with van der Waals surface area (Å²) < 4.78 is 10.4. The van der Waals surface area contributed by atoms with Crippen molar-refractivity contribution in [3.63, 3.8) is 0 Å². The number of hydrogen-bond acceptors (Lipinski definition) is 5. The van der Waals surface area contributed by atoms with Gasteiger partial charge < -0.3 is 15.0 Å². The fraction of sp³-hybridized carbons (Fsp3) is 0.375. The van der Waals surface area contributed by atoms with E-state index in [9.17, 15) is 0 Å². The first kappa shape index (κ1) is 16.5. The Morgan fingerprint density at radius 1 is 1.32 bits per heavy atom. The Morgan fingerprint density at radius 2 is 2.00 bits per heavy atom. The summed E-state index contributed by atoms with van der Waals surface area (Å²) in [7, 11) is 1.65. The molecule has 0 saturated heterocycles. The van der Waals surface area contributed by atoms with Crippen molar-refractivity contribution >= 4 is 24.1 Å². The van der Waals surface area contributed by atoms with Gasteiger partial charge in [0.15, 0.2) is 5.82 Å². The maximum absolute atomic E-state index is 6.19. The highest BCUT2D eigenvalue weighted by Crippen LogP contribution is 2.37. The van der Waals surface area contributed by atoms with Crippen molar-refractivity contribution in [3.8, 4) is 5.75 Å². The van der Waals surface area contributed by atoms with Crippen LogP contribution >= 0.6 is 12.4 Å². The van der Waals surface area contributed by atoms with Gasteiger partial charge in [-0.1, -0.05) is 17.3 Å². The van der Waals surface area contributed by atoms with Crippen LogP contribution in [0.2, 0.25) is 0 Å². The number of aromatic nitrogens is 2. The Kier molecular flexibility index (Phi) is 4.88. The lowest BCUT2D eigenvalue weighted by molar-refractivity contribution is 0.229. The Hall–Kier alpha value is -1.85. The van der Waals surface area contributed by atoms with Crippen LogP contribution in [0.25, 0.3) is 11.6 Å². The maximum atomic E-state index is 6.19. The van der Waals surface area contributed by atoms with Crippen molar-refractivity contribution in [2.24, 2.45) is 5.73 Å². The minimum Gasteiger partial charge on any atom is -0.497 e. The SMILES string of the molecule is COc1ccc(/C(C)=C/c2nc(C3(N)CCC3)no2)cc1.Cl. The number of ether oxygens (including phenoxy) is 1. The number of benzene rings is 1. The molecule has 0 spiro atoms. The molecule has 1 aromatic carbocycles. The number of hydrogen-bond donors (Lipinski definition) is 1. The van der Waals surface area contributed by atoms with Crippen LogP contribution in [0.5, 0.6) is 5.75 Å². The average Bonchev–Trinajstić information content (AvgIpc) is 2.93. The topological polar surface area (TPSA) is 74.2 Å². The molecule has 0 amide bonds. The molecule has 6 heteroatoms. The van der Waals surface area contributed by atoms with Gasteiger partial charge in [0.05, 0.1) is 12.6 Å². The second-order valence-corrected chi connectivity index (χ2v) is 5.52. The maximum Gasteiger partial charge on any atom is 0.250 e. The van der Waals surface area contributed by atoms with Gasteiger partial charge in [0.1, 0.15) is 5.75 Å². The summed E-state index contributed by atoms with van der Waals surface area (Å²) in [4.78, 5) is 4.40. The number of rotatable bonds is 4. The summed E-state index contributed by atoms with van der Waals surface area (Å²) in [5, 5.41) is 4.01.